The summed E-state index contributed by atoms with van der Waals surface area (Å²) in [5.74, 6) is 1.88. The van der Waals surface area contributed by atoms with Crippen molar-refractivity contribution in [3.05, 3.63) is 48.3 Å². The van der Waals surface area contributed by atoms with Crippen molar-refractivity contribution in [1.82, 2.24) is 20.1 Å². The van der Waals surface area contributed by atoms with E-state index < -0.39 is 0 Å². The third-order valence-corrected chi connectivity index (χ3v) is 4.74. The maximum atomic E-state index is 11.8. The molecule has 1 fully saturated rings. The van der Waals surface area contributed by atoms with Crippen LogP contribution in [0.15, 0.2) is 42.1 Å². The van der Waals surface area contributed by atoms with Crippen LogP contribution in [0.25, 0.3) is 0 Å². The zero-order valence-corrected chi connectivity index (χ0v) is 15.1. The van der Waals surface area contributed by atoms with Crippen LogP contribution in [0.2, 0.25) is 0 Å². The van der Waals surface area contributed by atoms with Gasteiger partial charge in [0.1, 0.15) is 12.4 Å². The summed E-state index contributed by atoms with van der Waals surface area (Å²) in [6.07, 6.45) is 3.96. The van der Waals surface area contributed by atoms with Crippen LogP contribution in [0, 0.1) is 6.92 Å². The van der Waals surface area contributed by atoms with Gasteiger partial charge in [0, 0.05) is 12.6 Å². The van der Waals surface area contributed by atoms with Crippen molar-refractivity contribution in [3.63, 3.8) is 0 Å². The number of carbonyl (C=O) groups is 1. The van der Waals surface area contributed by atoms with E-state index in [0.29, 0.717) is 35.9 Å². The largest absolute Gasteiger partial charge is 0.486 e. The van der Waals surface area contributed by atoms with Gasteiger partial charge in [-0.05, 0) is 31.9 Å². The fourth-order valence-electron chi connectivity index (χ4n) is 2.25. The predicted molar refractivity (Wildman–Crippen MR) is 97.6 cm³/mol. The second-order valence-electron chi connectivity index (χ2n) is 6.03. The Kier molecular flexibility index (Phi) is 5.75. The number of hydrogen-bond acceptors (Lipinski definition) is 5. The van der Waals surface area contributed by atoms with E-state index in [0.717, 1.165) is 18.6 Å². The zero-order chi connectivity index (χ0) is 17.6. The van der Waals surface area contributed by atoms with Gasteiger partial charge in [-0.1, -0.05) is 35.5 Å². The number of thioether (sulfide) groups is 1. The van der Waals surface area contributed by atoms with Crippen molar-refractivity contribution in [3.8, 4) is 5.75 Å². The van der Waals surface area contributed by atoms with Crippen LogP contribution in [-0.2, 0) is 17.9 Å². The van der Waals surface area contributed by atoms with Crippen LogP contribution in [0.3, 0.4) is 0 Å². The maximum absolute atomic E-state index is 11.8. The average molecular weight is 358 g/mol. The molecule has 1 aliphatic rings. The predicted octanol–water partition coefficient (Wildman–Crippen LogP) is 2.72. The standard InChI is InChI=1S/C18H22N4O2S/c1-3-10-22-16(11-24-15-8-4-13(2)5-9-15)20-21-18(22)25-12-17(23)19-14-6-7-14/h3-5,8-9,14H,1,6-7,10-12H2,2H3,(H,19,23). The van der Waals surface area contributed by atoms with Crippen molar-refractivity contribution in [1.29, 1.82) is 0 Å². The quantitative estimate of drug-likeness (QED) is 0.551. The minimum absolute atomic E-state index is 0.0399. The molecule has 1 amide bonds. The molecule has 1 N–H and O–H groups in total. The van der Waals surface area contributed by atoms with Gasteiger partial charge in [-0.2, -0.15) is 0 Å². The molecule has 1 heterocycles. The number of hydrogen-bond donors (Lipinski definition) is 1. The Morgan fingerprint density at radius 1 is 1.40 bits per heavy atom. The lowest BCUT2D eigenvalue weighted by Gasteiger charge is -2.09. The Morgan fingerprint density at radius 3 is 2.84 bits per heavy atom. The first-order valence-electron chi connectivity index (χ1n) is 8.30. The van der Waals surface area contributed by atoms with Gasteiger partial charge in [0.05, 0.1) is 5.75 Å². The number of aromatic nitrogens is 3. The highest BCUT2D eigenvalue weighted by molar-refractivity contribution is 7.99. The summed E-state index contributed by atoms with van der Waals surface area (Å²) in [6.45, 7) is 6.71. The Bertz CT molecular complexity index is 738. The average Bonchev–Trinajstić information content (AvgIpc) is 3.33. The molecule has 0 radical (unpaired) electrons. The molecule has 7 heteroatoms. The molecule has 3 rings (SSSR count). The van der Waals surface area contributed by atoms with Crippen LogP contribution in [0.5, 0.6) is 5.75 Å². The number of allylic oxidation sites excluding steroid dienone is 1. The van der Waals surface area contributed by atoms with E-state index in [1.807, 2.05) is 35.8 Å². The molecule has 0 saturated heterocycles. The molecular weight excluding hydrogens is 336 g/mol. The SMILES string of the molecule is C=CCn1c(COc2ccc(C)cc2)nnc1SCC(=O)NC1CC1. The lowest BCUT2D eigenvalue weighted by molar-refractivity contribution is -0.118. The van der Waals surface area contributed by atoms with E-state index in [-0.39, 0.29) is 5.91 Å². The highest BCUT2D eigenvalue weighted by atomic mass is 32.2. The second-order valence-corrected chi connectivity index (χ2v) is 6.97. The number of ether oxygens (including phenoxy) is 1. The molecular formula is C18H22N4O2S. The fraction of sp³-hybridized carbons (Fsp3) is 0.389. The van der Waals surface area contributed by atoms with Crippen LogP contribution in [0.4, 0.5) is 0 Å². The van der Waals surface area contributed by atoms with Gasteiger partial charge >= 0.3 is 0 Å². The van der Waals surface area contributed by atoms with E-state index in [1.54, 1.807) is 6.08 Å². The first-order valence-corrected chi connectivity index (χ1v) is 9.29. The van der Waals surface area contributed by atoms with Gasteiger partial charge < -0.3 is 10.1 Å². The van der Waals surface area contributed by atoms with Gasteiger partial charge in [0.15, 0.2) is 11.0 Å². The molecule has 2 aromatic rings. The van der Waals surface area contributed by atoms with Gasteiger partial charge in [0.25, 0.3) is 0 Å². The van der Waals surface area contributed by atoms with Gasteiger partial charge in [0.2, 0.25) is 5.91 Å². The van der Waals surface area contributed by atoms with Crippen LogP contribution < -0.4 is 10.1 Å². The molecule has 0 bridgehead atoms. The van der Waals surface area contributed by atoms with Crippen molar-refractivity contribution in [2.24, 2.45) is 0 Å². The lowest BCUT2D eigenvalue weighted by Crippen LogP contribution is -2.27. The molecule has 6 nitrogen and oxygen atoms in total. The lowest BCUT2D eigenvalue weighted by atomic mass is 10.2. The fourth-order valence-corrected chi connectivity index (χ4v) is 3.03. The molecule has 0 unspecified atom stereocenters. The van der Waals surface area contributed by atoms with E-state index in [4.69, 9.17) is 4.74 Å². The highest BCUT2D eigenvalue weighted by Crippen LogP contribution is 2.21. The van der Waals surface area contributed by atoms with Crippen LogP contribution in [0.1, 0.15) is 24.2 Å². The minimum Gasteiger partial charge on any atom is -0.486 e. The summed E-state index contributed by atoms with van der Waals surface area (Å²) in [4.78, 5) is 11.8. The van der Waals surface area contributed by atoms with Gasteiger partial charge in [-0.25, -0.2) is 0 Å². The van der Waals surface area contributed by atoms with Crippen molar-refractivity contribution in [2.45, 2.75) is 44.1 Å². The number of aryl methyl sites for hydroxylation is 1. The molecule has 0 atom stereocenters. The minimum atomic E-state index is 0.0399. The first kappa shape index (κ1) is 17.5. The van der Waals surface area contributed by atoms with Crippen molar-refractivity contribution < 1.29 is 9.53 Å². The third kappa shape index (κ3) is 5.09. The highest BCUT2D eigenvalue weighted by Gasteiger charge is 2.23. The Balaban J connectivity index is 1.60. The summed E-state index contributed by atoms with van der Waals surface area (Å²) < 4.78 is 7.71. The molecule has 132 valence electrons. The van der Waals surface area contributed by atoms with E-state index in [2.05, 4.69) is 22.1 Å². The Morgan fingerprint density at radius 2 is 2.16 bits per heavy atom. The number of benzene rings is 1. The Hall–Kier alpha value is -2.28. The third-order valence-electron chi connectivity index (χ3n) is 3.77. The summed E-state index contributed by atoms with van der Waals surface area (Å²) in [5.41, 5.74) is 1.19. The molecule has 1 aromatic carbocycles. The van der Waals surface area contributed by atoms with Crippen molar-refractivity contribution in [2.75, 3.05) is 5.75 Å². The monoisotopic (exact) mass is 358 g/mol. The normalized spacial score (nSPS) is 13.5. The molecule has 1 aliphatic carbocycles. The molecule has 0 spiro atoms. The molecule has 0 aliphatic heterocycles. The van der Waals surface area contributed by atoms with E-state index >= 15 is 0 Å². The molecule has 1 aromatic heterocycles. The Labute approximate surface area is 151 Å². The number of carbonyl (C=O) groups excluding carboxylic acids is 1. The molecule has 1 saturated carbocycles. The topological polar surface area (TPSA) is 69.0 Å². The number of nitrogens with zero attached hydrogens (tertiary/aromatic N) is 3. The summed E-state index contributed by atoms with van der Waals surface area (Å²) in [5, 5.41) is 12.1. The zero-order valence-electron chi connectivity index (χ0n) is 14.3. The summed E-state index contributed by atoms with van der Waals surface area (Å²) in [6, 6.07) is 8.24. The summed E-state index contributed by atoms with van der Waals surface area (Å²) >= 11 is 1.38. The number of amides is 1. The smallest absolute Gasteiger partial charge is 0.230 e. The number of nitrogens with one attached hydrogen (secondary N) is 1. The maximum Gasteiger partial charge on any atom is 0.230 e. The molecule has 25 heavy (non-hydrogen) atoms. The van der Waals surface area contributed by atoms with Crippen LogP contribution in [-0.4, -0.2) is 32.5 Å². The van der Waals surface area contributed by atoms with E-state index in [1.165, 1.54) is 17.3 Å². The van der Waals surface area contributed by atoms with Gasteiger partial charge in [-0.15, -0.1) is 16.8 Å². The van der Waals surface area contributed by atoms with Gasteiger partial charge in [-0.3, -0.25) is 9.36 Å². The summed E-state index contributed by atoms with van der Waals surface area (Å²) in [7, 11) is 0. The number of rotatable bonds is 9. The van der Waals surface area contributed by atoms with E-state index in [9.17, 15) is 4.79 Å². The first-order chi connectivity index (χ1) is 12.2. The van der Waals surface area contributed by atoms with Crippen LogP contribution >= 0.6 is 11.8 Å². The second kappa shape index (κ2) is 8.20. The van der Waals surface area contributed by atoms with Crippen molar-refractivity contribution >= 4 is 17.7 Å².